The van der Waals surface area contributed by atoms with E-state index in [1.165, 1.54) is 10.4 Å². The molecule has 0 aliphatic heterocycles. The Morgan fingerprint density at radius 2 is 1.63 bits per heavy atom. The minimum absolute atomic E-state index is 0.157. The standard InChI is InChI=1S/C24H24N2O3S/c1-3-16-26(30(2,28)29)23-11-7-10-22(18-23)25-24(27)17-19-12-14-21(15-13-19)20-8-5-4-6-9-20/h3-15,18H,1,16-17H2,2H3,(H,25,27). The summed E-state index contributed by atoms with van der Waals surface area (Å²) in [5.41, 5.74) is 4.13. The van der Waals surface area contributed by atoms with E-state index in [1.54, 1.807) is 24.3 Å². The van der Waals surface area contributed by atoms with Gasteiger partial charge in [-0.05, 0) is 34.9 Å². The van der Waals surface area contributed by atoms with Crippen molar-refractivity contribution in [3.63, 3.8) is 0 Å². The second-order valence-electron chi connectivity index (χ2n) is 6.92. The smallest absolute Gasteiger partial charge is 0.232 e. The molecule has 1 N–H and O–H groups in total. The average molecular weight is 421 g/mol. The van der Waals surface area contributed by atoms with Crippen LogP contribution in [0.2, 0.25) is 0 Å². The first kappa shape index (κ1) is 21.3. The van der Waals surface area contributed by atoms with Crippen LogP contribution in [0.25, 0.3) is 11.1 Å². The maximum Gasteiger partial charge on any atom is 0.232 e. The van der Waals surface area contributed by atoms with E-state index >= 15 is 0 Å². The summed E-state index contributed by atoms with van der Waals surface area (Å²) < 4.78 is 25.3. The first-order valence-electron chi connectivity index (χ1n) is 9.50. The average Bonchev–Trinajstić information content (AvgIpc) is 2.72. The van der Waals surface area contributed by atoms with E-state index < -0.39 is 10.0 Å². The highest BCUT2D eigenvalue weighted by molar-refractivity contribution is 7.92. The molecule has 3 aromatic carbocycles. The topological polar surface area (TPSA) is 66.5 Å². The third kappa shape index (κ3) is 5.58. The molecule has 0 aromatic heterocycles. The van der Waals surface area contributed by atoms with Crippen LogP contribution in [0.5, 0.6) is 0 Å². The molecule has 0 atom stereocenters. The van der Waals surface area contributed by atoms with Gasteiger partial charge in [0.1, 0.15) is 0 Å². The van der Waals surface area contributed by atoms with Crippen LogP contribution in [0.15, 0.2) is 91.5 Å². The molecule has 0 bridgehead atoms. The van der Waals surface area contributed by atoms with Gasteiger partial charge in [0.2, 0.25) is 15.9 Å². The summed E-state index contributed by atoms with van der Waals surface area (Å²) in [4.78, 5) is 12.5. The molecule has 0 heterocycles. The second-order valence-corrected chi connectivity index (χ2v) is 8.83. The molecule has 0 saturated heterocycles. The van der Waals surface area contributed by atoms with Crippen molar-refractivity contribution in [2.75, 3.05) is 22.4 Å². The summed E-state index contributed by atoms with van der Waals surface area (Å²) in [6.07, 6.45) is 2.88. The van der Waals surface area contributed by atoms with Crippen molar-refractivity contribution < 1.29 is 13.2 Å². The monoisotopic (exact) mass is 420 g/mol. The normalized spacial score (nSPS) is 11.0. The zero-order valence-corrected chi connectivity index (χ0v) is 17.6. The molecule has 1 amide bonds. The van der Waals surface area contributed by atoms with Crippen molar-refractivity contribution >= 4 is 27.3 Å². The summed E-state index contributed by atoms with van der Waals surface area (Å²) >= 11 is 0. The van der Waals surface area contributed by atoms with Crippen LogP contribution in [0.4, 0.5) is 11.4 Å². The Morgan fingerprint density at radius 3 is 2.27 bits per heavy atom. The molecule has 5 nitrogen and oxygen atoms in total. The molecule has 154 valence electrons. The molecule has 3 aromatic rings. The van der Waals surface area contributed by atoms with Crippen LogP contribution in [-0.4, -0.2) is 27.1 Å². The Balaban J connectivity index is 1.68. The fourth-order valence-electron chi connectivity index (χ4n) is 3.12. The van der Waals surface area contributed by atoms with Crippen LogP contribution >= 0.6 is 0 Å². The molecule has 0 aliphatic carbocycles. The molecule has 0 unspecified atom stereocenters. The molecule has 3 rings (SSSR count). The van der Waals surface area contributed by atoms with E-state index in [9.17, 15) is 13.2 Å². The Labute approximate surface area is 177 Å². The zero-order chi connectivity index (χ0) is 21.6. The lowest BCUT2D eigenvalue weighted by molar-refractivity contribution is -0.115. The quantitative estimate of drug-likeness (QED) is 0.546. The lowest BCUT2D eigenvalue weighted by Gasteiger charge is -2.21. The first-order chi connectivity index (χ1) is 14.4. The van der Waals surface area contributed by atoms with Crippen molar-refractivity contribution in [3.8, 4) is 11.1 Å². The van der Waals surface area contributed by atoms with E-state index in [2.05, 4.69) is 11.9 Å². The number of benzene rings is 3. The lowest BCUT2D eigenvalue weighted by Crippen LogP contribution is -2.30. The summed E-state index contributed by atoms with van der Waals surface area (Å²) in [6.45, 7) is 3.76. The maximum absolute atomic E-state index is 12.5. The van der Waals surface area contributed by atoms with Gasteiger partial charge in [-0.1, -0.05) is 66.7 Å². The van der Waals surface area contributed by atoms with E-state index in [0.29, 0.717) is 11.4 Å². The van der Waals surface area contributed by atoms with Crippen LogP contribution < -0.4 is 9.62 Å². The second kappa shape index (κ2) is 9.41. The van der Waals surface area contributed by atoms with Gasteiger partial charge in [-0.3, -0.25) is 9.10 Å². The van der Waals surface area contributed by atoms with Gasteiger partial charge in [-0.2, -0.15) is 0 Å². The van der Waals surface area contributed by atoms with Gasteiger partial charge in [-0.15, -0.1) is 6.58 Å². The number of hydrogen-bond acceptors (Lipinski definition) is 3. The molecule has 6 heteroatoms. The number of amides is 1. The van der Waals surface area contributed by atoms with Crippen LogP contribution in [-0.2, 0) is 21.2 Å². The lowest BCUT2D eigenvalue weighted by atomic mass is 10.0. The SMILES string of the molecule is C=CCN(c1cccc(NC(=O)Cc2ccc(-c3ccccc3)cc2)c1)S(C)(=O)=O. The minimum Gasteiger partial charge on any atom is -0.326 e. The highest BCUT2D eigenvalue weighted by atomic mass is 32.2. The molecular weight excluding hydrogens is 396 g/mol. The minimum atomic E-state index is -3.45. The molecule has 0 spiro atoms. The van der Waals surface area contributed by atoms with Crippen LogP contribution in [0, 0.1) is 0 Å². The van der Waals surface area contributed by atoms with Gasteiger partial charge in [-0.25, -0.2) is 8.42 Å². The summed E-state index contributed by atoms with van der Waals surface area (Å²) in [7, 11) is -3.45. The van der Waals surface area contributed by atoms with Crippen molar-refractivity contribution in [2.45, 2.75) is 6.42 Å². The third-order valence-electron chi connectivity index (χ3n) is 4.54. The van der Waals surface area contributed by atoms with E-state index in [1.807, 2.05) is 54.6 Å². The number of rotatable bonds is 8. The molecule has 30 heavy (non-hydrogen) atoms. The van der Waals surface area contributed by atoms with Crippen LogP contribution in [0.3, 0.4) is 0 Å². The number of anilines is 2. The fourth-order valence-corrected chi connectivity index (χ4v) is 4.00. The van der Waals surface area contributed by atoms with E-state index in [4.69, 9.17) is 0 Å². The summed E-state index contributed by atoms with van der Waals surface area (Å²) in [5.74, 6) is -0.172. The maximum atomic E-state index is 12.5. The number of carbonyl (C=O) groups excluding carboxylic acids is 1. The predicted octanol–water partition coefficient (Wildman–Crippen LogP) is 4.49. The fraction of sp³-hybridized carbons (Fsp3) is 0.125. The summed E-state index contributed by atoms with van der Waals surface area (Å²) in [5, 5.41) is 2.84. The van der Waals surface area contributed by atoms with Crippen LogP contribution in [0.1, 0.15) is 5.56 Å². The number of hydrogen-bond donors (Lipinski definition) is 1. The molecule has 0 aliphatic rings. The molecular formula is C24H24N2O3S. The number of sulfonamides is 1. The Hall–Kier alpha value is -3.38. The van der Waals surface area contributed by atoms with E-state index in [-0.39, 0.29) is 18.9 Å². The highest BCUT2D eigenvalue weighted by Gasteiger charge is 2.16. The number of nitrogens with one attached hydrogen (secondary N) is 1. The van der Waals surface area contributed by atoms with Crippen molar-refractivity contribution in [2.24, 2.45) is 0 Å². The van der Waals surface area contributed by atoms with Gasteiger partial charge in [0.25, 0.3) is 0 Å². The van der Waals surface area contributed by atoms with Gasteiger partial charge in [0, 0.05) is 5.69 Å². The molecule has 0 saturated carbocycles. The Kier molecular flexibility index (Phi) is 6.69. The number of nitrogens with zero attached hydrogens (tertiary/aromatic N) is 1. The van der Waals surface area contributed by atoms with Crippen molar-refractivity contribution in [1.82, 2.24) is 0 Å². The zero-order valence-electron chi connectivity index (χ0n) is 16.8. The third-order valence-corrected chi connectivity index (χ3v) is 5.70. The van der Waals surface area contributed by atoms with Gasteiger partial charge >= 0.3 is 0 Å². The number of carbonyl (C=O) groups is 1. The first-order valence-corrected chi connectivity index (χ1v) is 11.3. The highest BCUT2D eigenvalue weighted by Crippen LogP contribution is 2.23. The molecule has 0 fully saturated rings. The van der Waals surface area contributed by atoms with Crippen molar-refractivity contribution in [3.05, 3.63) is 97.1 Å². The van der Waals surface area contributed by atoms with E-state index in [0.717, 1.165) is 22.9 Å². The summed E-state index contributed by atoms with van der Waals surface area (Å²) in [6, 6.07) is 24.7. The van der Waals surface area contributed by atoms with Gasteiger partial charge in [0.05, 0.1) is 24.9 Å². The van der Waals surface area contributed by atoms with Crippen molar-refractivity contribution in [1.29, 1.82) is 0 Å². The largest absolute Gasteiger partial charge is 0.326 e. The molecule has 0 radical (unpaired) electrons. The van der Waals surface area contributed by atoms with Gasteiger partial charge < -0.3 is 5.32 Å². The Bertz CT molecular complexity index is 1120. The predicted molar refractivity (Wildman–Crippen MR) is 123 cm³/mol. The van der Waals surface area contributed by atoms with Gasteiger partial charge in [0.15, 0.2) is 0 Å². The Morgan fingerprint density at radius 1 is 0.967 bits per heavy atom.